The van der Waals surface area contributed by atoms with Gasteiger partial charge in [0, 0.05) is 5.38 Å². The van der Waals surface area contributed by atoms with Gasteiger partial charge < -0.3 is 31.4 Å². The second-order valence-corrected chi connectivity index (χ2v) is 7.33. The number of carbonyl (C=O) groups excluding carboxylic acids is 3. The third kappa shape index (κ3) is 5.19. The minimum absolute atomic E-state index is 0.000909. The number of urea groups is 1. The van der Waals surface area contributed by atoms with Gasteiger partial charge in [-0.2, -0.15) is 0 Å². The van der Waals surface area contributed by atoms with Gasteiger partial charge in [0.2, 0.25) is 5.60 Å². The number of aromatic nitrogens is 1. The number of carboxylic acid groups (broad SMARTS) is 2. The van der Waals surface area contributed by atoms with Crippen molar-refractivity contribution < 1.29 is 39.0 Å². The number of rotatable bonds is 8. The average Bonchev–Trinajstić information content (AvgIpc) is 3.08. The lowest BCUT2D eigenvalue weighted by Crippen LogP contribution is -2.67. The lowest BCUT2D eigenvalue weighted by atomic mass is 10.1. The molecule has 14 nitrogen and oxygen atoms in total. The molecule has 0 aliphatic carbocycles. The largest absolute Gasteiger partial charge is 0.480 e. The summed E-state index contributed by atoms with van der Waals surface area (Å²) in [5, 5.41) is 27.1. The average molecular weight is 442 g/mol. The monoisotopic (exact) mass is 442 g/mol. The van der Waals surface area contributed by atoms with E-state index in [1.165, 1.54) is 19.2 Å². The van der Waals surface area contributed by atoms with Crippen LogP contribution in [0.15, 0.2) is 10.5 Å². The summed E-state index contributed by atoms with van der Waals surface area (Å²) in [7, 11) is 0. The first-order valence-electron chi connectivity index (χ1n) is 8.25. The summed E-state index contributed by atoms with van der Waals surface area (Å²) in [5.41, 5.74) is 3.38. The third-order valence-electron chi connectivity index (χ3n) is 3.73. The van der Waals surface area contributed by atoms with Crippen LogP contribution in [0.25, 0.3) is 0 Å². The number of hydrogen-bond donors (Lipinski definition) is 5. The third-order valence-corrected chi connectivity index (χ3v) is 4.40. The van der Waals surface area contributed by atoms with Crippen LogP contribution in [0.5, 0.6) is 0 Å². The highest BCUT2D eigenvalue weighted by Gasteiger charge is 2.42. The van der Waals surface area contributed by atoms with Crippen molar-refractivity contribution >= 4 is 52.0 Å². The van der Waals surface area contributed by atoms with E-state index in [0.717, 1.165) is 16.2 Å². The highest BCUT2D eigenvalue weighted by Crippen LogP contribution is 2.16. The Kier molecular flexibility index (Phi) is 6.56. The summed E-state index contributed by atoms with van der Waals surface area (Å²) in [6.45, 7) is 1.56. The Hall–Kier alpha value is -3.75. The molecule has 6 N–H and O–H groups in total. The van der Waals surface area contributed by atoms with Crippen LogP contribution in [-0.2, 0) is 24.0 Å². The Morgan fingerprint density at radius 3 is 2.57 bits per heavy atom. The molecule has 0 aromatic carbocycles. The first-order valence-corrected chi connectivity index (χ1v) is 9.13. The molecule has 1 saturated heterocycles. The van der Waals surface area contributed by atoms with Crippen LogP contribution >= 0.6 is 11.3 Å². The zero-order valence-electron chi connectivity index (χ0n) is 15.7. The van der Waals surface area contributed by atoms with E-state index in [1.54, 1.807) is 0 Å². The predicted molar refractivity (Wildman–Crippen MR) is 101 cm³/mol. The van der Waals surface area contributed by atoms with Crippen molar-refractivity contribution in [2.75, 3.05) is 18.8 Å². The molecular weight excluding hydrogens is 424 g/mol. The summed E-state index contributed by atoms with van der Waals surface area (Å²) >= 11 is 0.999. The van der Waals surface area contributed by atoms with E-state index >= 15 is 0 Å². The molecule has 0 bridgehead atoms. The predicted octanol–water partition coefficient (Wildman–Crippen LogP) is -1.57. The maximum atomic E-state index is 12.6. The zero-order valence-corrected chi connectivity index (χ0v) is 16.6. The second-order valence-electron chi connectivity index (χ2n) is 6.44. The highest BCUT2D eigenvalue weighted by molar-refractivity contribution is 7.13. The number of carboxylic acids is 2. The van der Waals surface area contributed by atoms with Crippen LogP contribution in [0.2, 0.25) is 0 Å². The van der Waals surface area contributed by atoms with E-state index < -0.39 is 53.7 Å². The molecule has 0 unspecified atom stereocenters. The first-order chi connectivity index (χ1) is 13.9. The Labute approximate surface area is 172 Å². The molecule has 15 heteroatoms. The van der Waals surface area contributed by atoms with E-state index in [4.69, 9.17) is 20.8 Å². The molecule has 2 heterocycles. The van der Waals surface area contributed by atoms with Crippen molar-refractivity contribution in [2.24, 2.45) is 5.16 Å². The molecule has 1 aliphatic rings. The van der Waals surface area contributed by atoms with Crippen molar-refractivity contribution in [3.05, 3.63) is 11.1 Å². The van der Waals surface area contributed by atoms with Gasteiger partial charge in [0.25, 0.3) is 11.8 Å². The lowest BCUT2D eigenvalue weighted by molar-refractivity contribution is -0.161. The standard InChI is InChI=1S/C15H18N6O8S/c1-15(2,12(26)27)29-20-9(7-5-30-13(16)19-7)10(24)18-6-4-21(11(6)25)14(28)17-3-8(22)23/h5-6H,3-4H2,1-2H3,(H2,16,19)(H,17,28)(H,18,24)(H,22,23)(H,26,27)/t6-/m0/s1. The lowest BCUT2D eigenvalue weighted by Gasteiger charge is -2.36. The first kappa shape index (κ1) is 22.5. The number of carbonyl (C=O) groups is 5. The number of nitrogen functional groups attached to an aromatic ring is 1. The molecule has 1 atom stereocenters. The van der Waals surface area contributed by atoms with E-state index in [2.05, 4.69) is 15.5 Å². The van der Waals surface area contributed by atoms with Crippen LogP contribution in [0.4, 0.5) is 9.93 Å². The van der Waals surface area contributed by atoms with Gasteiger partial charge in [-0.15, -0.1) is 11.3 Å². The van der Waals surface area contributed by atoms with Crippen molar-refractivity contribution in [1.82, 2.24) is 20.5 Å². The summed E-state index contributed by atoms with van der Waals surface area (Å²) in [4.78, 5) is 67.5. The Bertz CT molecular complexity index is 926. The number of hydrogen-bond acceptors (Lipinski definition) is 10. The number of β-lactam (4-membered cyclic amide) rings is 1. The molecule has 1 aromatic heterocycles. The van der Waals surface area contributed by atoms with Gasteiger partial charge in [-0.05, 0) is 13.8 Å². The second kappa shape index (κ2) is 8.73. The normalized spacial score (nSPS) is 16.5. The van der Waals surface area contributed by atoms with Crippen LogP contribution in [0.3, 0.4) is 0 Å². The number of anilines is 1. The van der Waals surface area contributed by atoms with Gasteiger partial charge in [0.05, 0.1) is 6.54 Å². The van der Waals surface area contributed by atoms with Gasteiger partial charge in [-0.3, -0.25) is 19.3 Å². The molecule has 0 spiro atoms. The van der Waals surface area contributed by atoms with E-state index in [0.29, 0.717) is 0 Å². The highest BCUT2D eigenvalue weighted by atomic mass is 32.1. The number of amides is 4. The molecule has 1 fully saturated rings. The number of nitrogens with zero attached hydrogens (tertiary/aromatic N) is 3. The fraction of sp³-hybridized carbons (Fsp3) is 0.400. The molecule has 4 amide bonds. The molecule has 1 aromatic rings. The minimum Gasteiger partial charge on any atom is -0.480 e. The summed E-state index contributed by atoms with van der Waals surface area (Å²) < 4.78 is 0. The Balaban J connectivity index is 2.09. The van der Waals surface area contributed by atoms with Crippen molar-refractivity contribution in [2.45, 2.75) is 25.5 Å². The fourth-order valence-electron chi connectivity index (χ4n) is 1.99. The Morgan fingerprint density at radius 2 is 2.07 bits per heavy atom. The maximum Gasteiger partial charge on any atom is 0.350 e. The SMILES string of the molecule is CC(C)(ON=C(C(=O)N[C@H]1CN(C(=O)NCC(=O)O)C1=O)c1csc(N)n1)C(=O)O. The van der Waals surface area contributed by atoms with Gasteiger partial charge in [0.1, 0.15) is 18.3 Å². The van der Waals surface area contributed by atoms with Crippen molar-refractivity contribution in [3.8, 4) is 0 Å². The zero-order chi connectivity index (χ0) is 22.6. The molecule has 2 rings (SSSR count). The van der Waals surface area contributed by atoms with Crippen molar-refractivity contribution in [3.63, 3.8) is 0 Å². The number of likely N-dealkylation sites (tertiary alicyclic amines) is 1. The molecule has 0 saturated carbocycles. The number of imide groups is 1. The van der Waals surface area contributed by atoms with E-state index in [-0.39, 0.29) is 17.4 Å². The molecule has 1 aliphatic heterocycles. The number of nitrogens with two attached hydrogens (primary N) is 1. The van der Waals surface area contributed by atoms with Crippen LogP contribution < -0.4 is 16.4 Å². The maximum absolute atomic E-state index is 12.6. The summed E-state index contributed by atoms with van der Waals surface area (Å²) in [6.07, 6.45) is 0. The van der Waals surface area contributed by atoms with Crippen molar-refractivity contribution in [1.29, 1.82) is 0 Å². The van der Waals surface area contributed by atoms with Crippen LogP contribution in [0.1, 0.15) is 19.5 Å². The molecule has 0 radical (unpaired) electrons. The van der Waals surface area contributed by atoms with Gasteiger partial charge in [-0.25, -0.2) is 14.6 Å². The van der Waals surface area contributed by atoms with E-state index in [1.807, 2.05) is 5.32 Å². The fourth-order valence-corrected chi connectivity index (χ4v) is 2.54. The number of oxime groups is 1. The Morgan fingerprint density at radius 1 is 1.40 bits per heavy atom. The van der Waals surface area contributed by atoms with Gasteiger partial charge in [0.15, 0.2) is 10.8 Å². The summed E-state index contributed by atoms with van der Waals surface area (Å²) in [5.74, 6) is -4.30. The number of thiazole rings is 1. The minimum atomic E-state index is -1.75. The van der Waals surface area contributed by atoms with Crippen LogP contribution in [-0.4, -0.2) is 80.3 Å². The van der Waals surface area contributed by atoms with Gasteiger partial charge in [-0.1, -0.05) is 5.16 Å². The van der Waals surface area contributed by atoms with Gasteiger partial charge >= 0.3 is 18.0 Å². The van der Waals surface area contributed by atoms with Crippen LogP contribution in [0, 0.1) is 0 Å². The molecule has 30 heavy (non-hydrogen) atoms. The number of aliphatic carboxylic acids is 2. The van der Waals surface area contributed by atoms with E-state index in [9.17, 15) is 24.0 Å². The quantitative estimate of drug-likeness (QED) is 0.177. The number of nitrogens with one attached hydrogen (secondary N) is 2. The molecular formula is C15H18N6O8S. The summed E-state index contributed by atoms with van der Waals surface area (Å²) in [6, 6.07) is -2.00. The topological polar surface area (TPSA) is 214 Å². The smallest absolute Gasteiger partial charge is 0.350 e. The molecule has 162 valence electrons.